The molecule has 2 heterocycles. The van der Waals surface area contributed by atoms with Crippen molar-refractivity contribution >= 4 is 23.6 Å². The zero-order valence-corrected chi connectivity index (χ0v) is 13.0. The second kappa shape index (κ2) is 6.27. The van der Waals surface area contributed by atoms with Crippen molar-refractivity contribution in [3.63, 3.8) is 0 Å². The lowest BCUT2D eigenvalue weighted by atomic mass is 10.0. The number of hydrogen-bond donors (Lipinski definition) is 1. The average Bonchev–Trinajstić information content (AvgIpc) is 2.72. The third kappa shape index (κ3) is 3.16. The van der Waals surface area contributed by atoms with Gasteiger partial charge in [0.05, 0.1) is 0 Å². The molecule has 0 aromatic rings. The second-order valence-corrected chi connectivity index (χ2v) is 5.73. The van der Waals surface area contributed by atoms with E-state index >= 15 is 0 Å². The van der Waals surface area contributed by atoms with Gasteiger partial charge in [0.1, 0.15) is 11.7 Å². The molecule has 1 atom stereocenters. The Morgan fingerprint density at radius 2 is 1.86 bits per heavy atom. The van der Waals surface area contributed by atoms with Crippen molar-refractivity contribution in [2.24, 2.45) is 0 Å². The summed E-state index contributed by atoms with van der Waals surface area (Å²) in [6.07, 6.45) is 1.55. The van der Waals surface area contributed by atoms with Crippen molar-refractivity contribution in [1.29, 1.82) is 0 Å². The molecule has 0 aliphatic carbocycles. The Labute approximate surface area is 128 Å². The van der Waals surface area contributed by atoms with Crippen molar-refractivity contribution in [1.82, 2.24) is 20.0 Å². The number of piperidine rings is 1. The van der Waals surface area contributed by atoms with Gasteiger partial charge in [0.15, 0.2) is 0 Å². The minimum atomic E-state index is -0.909. The smallest absolute Gasteiger partial charge is 0.277 e. The quantitative estimate of drug-likeness (QED) is 0.624. The molecule has 120 valence electrons. The summed E-state index contributed by atoms with van der Waals surface area (Å²) in [6, 6.07) is -0.909. The van der Waals surface area contributed by atoms with E-state index in [0.717, 1.165) is 11.4 Å². The van der Waals surface area contributed by atoms with E-state index in [0.29, 0.717) is 6.54 Å². The summed E-state index contributed by atoms with van der Waals surface area (Å²) in [7, 11) is 5.56. The van der Waals surface area contributed by atoms with E-state index in [1.165, 1.54) is 6.08 Å². The minimum absolute atomic E-state index is 0.124. The van der Waals surface area contributed by atoms with Crippen molar-refractivity contribution in [2.75, 3.05) is 34.2 Å². The van der Waals surface area contributed by atoms with Crippen molar-refractivity contribution in [2.45, 2.75) is 18.9 Å². The Balaban J connectivity index is 2.08. The van der Waals surface area contributed by atoms with Crippen LogP contribution in [0.3, 0.4) is 0 Å². The van der Waals surface area contributed by atoms with E-state index in [-0.39, 0.29) is 24.4 Å². The maximum absolute atomic E-state index is 12.4. The topological polar surface area (TPSA) is 90.0 Å². The number of nitrogens with one attached hydrogen (secondary N) is 1. The Kier molecular flexibility index (Phi) is 4.60. The number of amides is 4. The van der Waals surface area contributed by atoms with E-state index in [4.69, 9.17) is 0 Å². The molecule has 1 unspecified atom stereocenters. The highest BCUT2D eigenvalue weighted by Gasteiger charge is 2.42. The van der Waals surface area contributed by atoms with E-state index in [2.05, 4.69) is 5.32 Å². The number of imide groups is 2. The molecule has 0 spiro atoms. The first kappa shape index (κ1) is 16.2. The minimum Gasteiger partial charge on any atom is -0.369 e. The fourth-order valence-corrected chi connectivity index (χ4v) is 2.44. The van der Waals surface area contributed by atoms with Gasteiger partial charge in [-0.15, -0.1) is 0 Å². The maximum Gasteiger partial charge on any atom is 0.277 e. The van der Waals surface area contributed by atoms with Gasteiger partial charge in [-0.3, -0.25) is 29.4 Å². The van der Waals surface area contributed by atoms with Crippen LogP contribution in [0.25, 0.3) is 0 Å². The van der Waals surface area contributed by atoms with Crippen molar-refractivity contribution in [3.05, 3.63) is 11.8 Å². The van der Waals surface area contributed by atoms with Gasteiger partial charge in [0, 0.05) is 32.6 Å². The van der Waals surface area contributed by atoms with Crippen LogP contribution in [0.2, 0.25) is 0 Å². The predicted molar refractivity (Wildman–Crippen MR) is 77.3 cm³/mol. The molecule has 4 amide bonds. The summed E-state index contributed by atoms with van der Waals surface area (Å²) in [4.78, 5) is 52.2. The summed E-state index contributed by atoms with van der Waals surface area (Å²) in [5.74, 6) is -1.97. The molecule has 2 rings (SSSR count). The third-order valence-electron chi connectivity index (χ3n) is 3.75. The molecule has 22 heavy (non-hydrogen) atoms. The van der Waals surface area contributed by atoms with Gasteiger partial charge in [-0.1, -0.05) is 0 Å². The fourth-order valence-electron chi connectivity index (χ4n) is 2.44. The van der Waals surface area contributed by atoms with Gasteiger partial charge < -0.3 is 9.80 Å². The van der Waals surface area contributed by atoms with Crippen LogP contribution in [-0.2, 0) is 19.2 Å². The van der Waals surface area contributed by atoms with Gasteiger partial charge >= 0.3 is 0 Å². The molecule has 1 fully saturated rings. The van der Waals surface area contributed by atoms with Crippen LogP contribution in [0.15, 0.2) is 11.8 Å². The molecule has 2 aliphatic heterocycles. The monoisotopic (exact) mass is 308 g/mol. The largest absolute Gasteiger partial charge is 0.369 e. The van der Waals surface area contributed by atoms with Crippen LogP contribution >= 0.6 is 0 Å². The summed E-state index contributed by atoms with van der Waals surface area (Å²) in [5.41, 5.74) is 0.275. The maximum atomic E-state index is 12.4. The predicted octanol–water partition coefficient (Wildman–Crippen LogP) is -1.46. The second-order valence-electron chi connectivity index (χ2n) is 5.73. The first-order valence-corrected chi connectivity index (χ1v) is 7.10. The number of likely N-dealkylation sites (N-methyl/N-ethyl adjacent to an activating group) is 2. The molecule has 8 heteroatoms. The van der Waals surface area contributed by atoms with Crippen molar-refractivity contribution < 1.29 is 19.2 Å². The van der Waals surface area contributed by atoms with Gasteiger partial charge in [-0.2, -0.15) is 0 Å². The summed E-state index contributed by atoms with van der Waals surface area (Å²) < 4.78 is 0. The highest BCUT2D eigenvalue weighted by molar-refractivity contribution is 6.18. The van der Waals surface area contributed by atoms with Gasteiger partial charge in [0.25, 0.3) is 11.8 Å². The van der Waals surface area contributed by atoms with Gasteiger partial charge in [-0.05, 0) is 20.5 Å². The lowest BCUT2D eigenvalue weighted by Gasteiger charge is -2.29. The molecule has 2 aliphatic rings. The van der Waals surface area contributed by atoms with Crippen LogP contribution in [0.5, 0.6) is 0 Å². The summed E-state index contributed by atoms with van der Waals surface area (Å²) in [6.45, 7) is 1.31. The Morgan fingerprint density at radius 1 is 1.18 bits per heavy atom. The molecular weight excluding hydrogens is 288 g/mol. The lowest BCUT2D eigenvalue weighted by Crippen LogP contribution is -2.55. The van der Waals surface area contributed by atoms with Gasteiger partial charge in [0.2, 0.25) is 11.8 Å². The Hall–Kier alpha value is -2.22. The van der Waals surface area contributed by atoms with Crippen LogP contribution in [0, 0.1) is 0 Å². The number of rotatable bonds is 5. The highest BCUT2D eigenvalue weighted by atomic mass is 16.2. The van der Waals surface area contributed by atoms with Crippen LogP contribution in [0.1, 0.15) is 12.8 Å². The molecule has 1 N–H and O–H groups in total. The fraction of sp³-hybridized carbons (Fsp3) is 0.571. The van der Waals surface area contributed by atoms with E-state index in [1.54, 1.807) is 11.9 Å². The first-order chi connectivity index (χ1) is 10.3. The summed E-state index contributed by atoms with van der Waals surface area (Å²) in [5, 5.41) is 2.16. The first-order valence-electron chi connectivity index (χ1n) is 7.10. The molecule has 8 nitrogen and oxygen atoms in total. The normalized spacial score (nSPS) is 22.3. The van der Waals surface area contributed by atoms with E-state index in [9.17, 15) is 19.2 Å². The Morgan fingerprint density at radius 3 is 2.45 bits per heavy atom. The molecular formula is C14H20N4O4. The molecule has 0 aromatic heterocycles. The molecule has 1 saturated heterocycles. The van der Waals surface area contributed by atoms with Crippen molar-refractivity contribution in [3.8, 4) is 0 Å². The number of carbonyl (C=O) groups excluding carboxylic acids is 4. The molecule has 0 bridgehead atoms. The zero-order chi connectivity index (χ0) is 16.4. The zero-order valence-electron chi connectivity index (χ0n) is 13.0. The van der Waals surface area contributed by atoms with Crippen LogP contribution < -0.4 is 5.32 Å². The van der Waals surface area contributed by atoms with Crippen LogP contribution in [-0.4, -0.2) is 78.6 Å². The SMILES string of the molecule is CN(C)CCN(C)C1=CC(=O)N(C2CCC(=O)NC2=O)C1=O. The third-order valence-corrected chi connectivity index (χ3v) is 3.75. The van der Waals surface area contributed by atoms with E-state index < -0.39 is 23.8 Å². The molecule has 0 radical (unpaired) electrons. The van der Waals surface area contributed by atoms with E-state index in [1.807, 2.05) is 19.0 Å². The number of nitrogens with zero attached hydrogens (tertiary/aromatic N) is 3. The van der Waals surface area contributed by atoms with Gasteiger partial charge in [-0.25, -0.2) is 0 Å². The standard InChI is InChI=1S/C14H20N4O4/c1-16(2)6-7-17(3)10-8-12(20)18(14(10)22)9-4-5-11(19)15-13(9)21/h8-9H,4-7H2,1-3H3,(H,15,19,21). The molecule has 0 saturated carbocycles. The highest BCUT2D eigenvalue weighted by Crippen LogP contribution is 2.22. The average molecular weight is 308 g/mol. The number of carbonyl (C=O) groups is 4. The summed E-state index contributed by atoms with van der Waals surface area (Å²) >= 11 is 0. The van der Waals surface area contributed by atoms with Crippen LogP contribution in [0.4, 0.5) is 0 Å². The molecule has 0 aromatic carbocycles. The number of hydrogen-bond acceptors (Lipinski definition) is 6. The lowest BCUT2D eigenvalue weighted by molar-refractivity contribution is -0.150. The Bertz CT molecular complexity index is 555.